The van der Waals surface area contributed by atoms with E-state index in [0.29, 0.717) is 19.4 Å². The van der Waals surface area contributed by atoms with Gasteiger partial charge >= 0.3 is 13.9 Å². The molecule has 15 nitrogen and oxygen atoms in total. The molecule has 17 heteroatoms. The maximum Gasteiger partial charge on any atom is 0.395 e. The van der Waals surface area contributed by atoms with Gasteiger partial charge in [0.15, 0.2) is 23.1 Å². The Bertz CT molecular complexity index is 1360. The lowest BCUT2D eigenvalue weighted by molar-refractivity contribution is -0.169. The Morgan fingerprint density at radius 2 is 2.05 bits per heavy atom. The zero-order valence-electron chi connectivity index (χ0n) is 20.9. The topological polar surface area (TPSA) is 216 Å². The van der Waals surface area contributed by atoms with Gasteiger partial charge in [0.05, 0.1) is 6.61 Å². The largest absolute Gasteiger partial charge is 0.575 e. The van der Waals surface area contributed by atoms with E-state index in [1.807, 2.05) is 11.9 Å². The number of aliphatic hydroxyl groups is 2. The molecule has 3 rings (SSSR count). The van der Waals surface area contributed by atoms with Crippen molar-refractivity contribution in [2.24, 2.45) is 9.86 Å². The first-order valence-electron chi connectivity index (χ1n) is 11.8. The number of ether oxygens (including phenoxy) is 3. The van der Waals surface area contributed by atoms with Gasteiger partial charge in [-0.1, -0.05) is 35.3 Å². The van der Waals surface area contributed by atoms with Gasteiger partial charge in [-0.15, -0.1) is 0 Å². The molecule has 6 atom stereocenters. The van der Waals surface area contributed by atoms with Gasteiger partial charge in [-0.3, -0.25) is 18.9 Å². The van der Waals surface area contributed by atoms with Crippen LogP contribution in [-0.4, -0.2) is 62.0 Å². The molecular formula is C22H27N6O9PS. The molecule has 0 saturated carbocycles. The number of thiocarbonyl (C=S) groups is 1. The predicted octanol–water partition coefficient (Wildman–Crippen LogP) is 1.64. The monoisotopic (exact) mass is 582 g/mol. The van der Waals surface area contributed by atoms with Crippen molar-refractivity contribution in [3.63, 3.8) is 0 Å². The van der Waals surface area contributed by atoms with Crippen molar-refractivity contribution in [1.82, 2.24) is 9.55 Å². The molecule has 2 aromatic rings. The van der Waals surface area contributed by atoms with Crippen LogP contribution in [0.15, 0.2) is 56.0 Å². The number of azide groups is 1. The highest BCUT2D eigenvalue weighted by atomic mass is 32.1. The molecule has 0 spiro atoms. The molecule has 210 valence electrons. The van der Waals surface area contributed by atoms with Crippen LogP contribution < -0.4 is 25.4 Å². The maximum atomic E-state index is 12.7. The zero-order chi connectivity index (χ0) is 28.6. The van der Waals surface area contributed by atoms with E-state index >= 15 is 0 Å². The summed E-state index contributed by atoms with van der Waals surface area (Å²) in [4.78, 5) is 41.0. The van der Waals surface area contributed by atoms with Gasteiger partial charge in [-0.2, -0.15) is 0 Å². The molecule has 1 aliphatic rings. The van der Waals surface area contributed by atoms with Crippen LogP contribution in [0.2, 0.25) is 0 Å². The van der Waals surface area contributed by atoms with Crippen molar-refractivity contribution in [3.05, 3.63) is 67.8 Å². The summed E-state index contributed by atoms with van der Waals surface area (Å²) in [5.41, 5.74) is 5.34. The SMILES string of the molecule is CCC[C@H](N=[P+]([O-])Oc1ccccc1OC[C@@]1(N=[N+]=[N-])O[C@@H](n2ccc(=O)[nH]c2=O)[C@H](O)[C@@H]1O)C(=S)OCC. The third-order valence-electron chi connectivity index (χ3n) is 5.56. The molecule has 1 saturated heterocycles. The zero-order valence-corrected chi connectivity index (χ0v) is 22.7. The Kier molecular flexibility index (Phi) is 10.5. The average molecular weight is 583 g/mol. The highest BCUT2D eigenvalue weighted by Crippen LogP contribution is 2.40. The van der Waals surface area contributed by atoms with Gasteiger partial charge in [0.2, 0.25) is 11.5 Å². The minimum absolute atomic E-state index is 0.0115. The molecule has 1 aliphatic heterocycles. The molecule has 39 heavy (non-hydrogen) atoms. The van der Waals surface area contributed by atoms with E-state index in [4.69, 9.17) is 36.5 Å². The molecule has 1 aromatic carbocycles. The number of rotatable bonds is 12. The number of aliphatic hydroxyl groups excluding tert-OH is 2. The van der Waals surface area contributed by atoms with Gasteiger partial charge in [0.1, 0.15) is 18.8 Å². The Labute approximate surface area is 228 Å². The van der Waals surface area contributed by atoms with Crippen LogP contribution in [0.1, 0.15) is 32.9 Å². The van der Waals surface area contributed by atoms with Crippen LogP contribution in [0.5, 0.6) is 11.5 Å². The number of hydrogen-bond donors (Lipinski definition) is 3. The number of aromatic amines is 1. The normalized spacial score (nSPS) is 23.5. The summed E-state index contributed by atoms with van der Waals surface area (Å²) < 4.78 is 27.1. The van der Waals surface area contributed by atoms with Crippen LogP contribution in [0, 0.1) is 0 Å². The molecule has 0 amide bonds. The lowest BCUT2D eigenvalue weighted by Crippen LogP contribution is -2.46. The third kappa shape index (κ3) is 7.19. The first kappa shape index (κ1) is 30.2. The fourth-order valence-corrected chi connectivity index (χ4v) is 4.89. The highest BCUT2D eigenvalue weighted by molar-refractivity contribution is 7.80. The molecule has 3 N–H and O–H groups in total. The standard InChI is InChI=1S/C22H27N6O9PS/c1-3-7-13(20(39)34-4-2)25-38(33)37-15-9-6-5-8-14(15)35-12-22(26-27-23)18(31)17(30)19(36-22)28-11-10-16(29)24-21(28)32/h5-6,8-11,13,17-19,30-31H,3-4,7,12H2,1-2H3,(H,24,29,32)/t13-,17+,18-,19+,22+/m0/s1. The van der Waals surface area contributed by atoms with Crippen LogP contribution >= 0.6 is 20.4 Å². The molecule has 1 unspecified atom stereocenters. The lowest BCUT2D eigenvalue weighted by Gasteiger charge is -2.26. The van der Waals surface area contributed by atoms with Crippen LogP contribution in [0.25, 0.3) is 10.4 Å². The van der Waals surface area contributed by atoms with Crippen molar-refractivity contribution in [1.29, 1.82) is 0 Å². The Morgan fingerprint density at radius 3 is 2.69 bits per heavy atom. The number of benzene rings is 1. The van der Waals surface area contributed by atoms with Gasteiger partial charge < -0.3 is 29.3 Å². The van der Waals surface area contributed by atoms with Crippen LogP contribution in [-0.2, 0) is 9.47 Å². The van der Waals surface area contributed by atoms with Crippen LogP contribution in [0.3, 0.4) is 0 Å². The molecule has 0 aliphatic carbocycles. The van der Waals surface area contributed by atoms with Crippen molar-refractivity contribution in [3.8, 4) is 11.5 Å². The van der Waals surface area contributed by atoms with E-state index in [-0.39, 0.29) is 16.5 Å². The lowest BCUT2D eigenvalue weighted by atomic mass is 10.1. The van der Waals surface area contributed by atoms with E-state index in [0.717, 1.165) is 16.8 Å². The summed E-state index contributed by atoms with van der Waals surface area (Å²) in [6, 6.07) is 6.48. The first-order valence-corrected chi connectivity index (χ1v) is 13.4. The molecular weight excluding hydrogens is 555 g/mol. The van der Waals surface area contributed by atoms with Gasteiger partial charge in [-0.25, -0.2) is 4.79 Å². The molecule has 0 bridgehead atoms. The maximum absolute atomic E-state index is 12.7. The molecule has 2 heterocycles. The van der Waals surface area contributed by atoms with Crippen molar-refractivity contribution in [2.75, 3.05) is 13.2 Å². The summed E-state index contributed by atoms with van der Waals surface area (Å²) in [5, 5.41) is 25.0. The predicted molar refractivity (Wildman–Crippen MR) is 140 cm³/mol. The summed E-state index contributed by atoms with van der Waals surface area (Å²) in [6.45, 7) is 3.39. The van der Waals surface area contributed by atoms with E-state index < -0.39 is 56.2 Å². The second kappa shape index (κ2) is 13.6. The van der Waals surface area contributed by atoms with Crippen molar-refractivity contribution < 1.29 is 33.8 Å². The Hall–Kier alpha value is -3.36. The van der Waals surface area contributed by atoms with E-state index in [9.17, 15) is 24.7 Å². The fourth-order valence-electron chi connectivity index (χ4n) is 3.71. The Morgan fingerprint density at radius 1 is 1.33 bits per heavy atom. The van der Waals surface area contributed by atoms with Gasteiger partial charge in [0, 0.05) is 17.2 Å². The van der Waals surface area contributed by atoms with Gasteiger partial charge in [0.25, 0.3) is 5.56 Å². The number of aromatic nitrogens is 2. The van der Waals surface area contributed by atoms with E-state index in [1.165, 1.54) is 12.1 Å². The van der Waals surface area contributed by atoms with E-state index in [1.54, 1.807) is 19.1 Å². The summed E-state index contributed by atoms with van der Waals surface area (Å²) in [6.07, 6.45) is -2.83. The molecule has 1 aromatic heterocycles. The van der Waals surface area contributed by atoms with Gasteiger partial charge in [-0.05, 0) is 43.2 Å². The summed E-state index contributed by atoms with van der Waals surface area (Å²) >= 11 is 5.21. The first-order chi connectivity index (χ1) is 18.7. The second-order valence-corrected chi connectivity index (χ2v) is 9.52. The number of nitrogens with zero attached hydrogens (tertiary/aromatic N) is 5. The number of hydrogen-bond acceptors (Lipinski definition) is 12. The number of nitrogens with one attached hydrogen (secondary N) is 1. The average Bonchev–Trinajstić information content (AvgIpc) is 3.13. The van der Waals surface area contributed by atoms with Crippen LogP contribution in [0.4, 0.5) is 0 Å². The minimum Gasteiger partial charge on any atom is -0.575 e. The fraction of sp³-hybridized carbons (Fsp3) is 0.500. The third-order valence-corrected chi connectivity index (χ3v) is 6.77. The smallest absolute Gasteiger partial charge is 0.395 e. The summed E-state index contributed by atoms with van der Waals surface area (Å²) in [7, 11) is -2.61. The second-order valence-electron chi connectivity index (χ2n) is 8.23. The number of H-pyrrole nitrogens is 1. The molecule has 0 radical (unpaired) electrons. The number of para-hydroxylation sites is 2. The van der Waals surface area contributed by atoms with Crippen molar-refractivity contribution >= 4 is 25.4 Å². The van der Waals surface area contributed by atoms with E-state index in [2.05, 4.69) is 14.8 Å². The quantitative estimate of drug-likeness (QED) is 0.108. The highest BCUT2D eigenvalue weighted by Gasteiger charge is 2.56. The molecule has 1 fully saturated rings. The summed E-state index contributed by atoms with van der Waals surface area (Å²) in [5.74, 6) is 0.0374. The minimum atomic E-state index is -2.61. The van der Waals surface area contributed by atoms with Crippen molar-refractivity contribution in [2.45, 2.75) is 56.9 Å². The Balaban J connectivity index is 1.83.